The third-order valence-electron chi connectivity index (χ3n) is 4.19. The number of rotatable bonds is 7. The first kappa shape index (κ1) is 19.9. The Morgan fingerprint density at radius 1 is 1.04 bits per heavy atom. The number of nitrogens with zero attached hydrogens (tertiary/aromatic N) is 2. The van der Waals surface area contributed by atoms with Crippen LogP contribution in [-0.2, 0) is 0 Å². The topological polar surface area (TPSA) is 61.0 Å². The van der Waals surface area contributed by atoms with Gasteiger partial charge in [0, 0.05) is 23.2 Å². The number of nitrogens with one attached hydrogen (secondary N) is 2. The maximum atomic E-state index is 11.9. The summed E-state index contributed by atoms with van der Waals surface area (Å²) in [5.41, 5.74) is 2.70. The molecule has 0 amide bonds. The lowest BCUT2D eigenvalue weighted by atomic mass is 10.0. The molecule has 0 aliphatic heterocycles. The minimum absolute atomic E-state index is 0. The zero-order valence-electron chi connectivity index (χ0n) is 15.2. The van der Waals surface area contributed by atoms with Crippen molar-refractivity contribution in [1.82, 2.24) is 15.1 Å². The van der Waals surface area contributed by atoms with Crippen LogP contribution < -0.4 is 10.9 Å². The first-order chi connectivity index (χ1) is 12.1. The van der Waals surface area contributed by atoms with Gasteiger partial charge in [0.15, 0.2) is 0 Å². The van der Waals surface area contributed by atoms with Crippen molar-refractivity contribution in [3.63, 3.8) is 0 Å². The molecule has 138 valence electrons. The minimum Gasteiger partial charge on any atom is -0.385 e. The van der Waals surface area contributed by atoms with Crippen LogP contribution in [0.3, 0.4) is 0 Å². The predicted molar refractivity (Wildman–Crippen MR) is 111 cm³/mol. The second kappa shape index (κ2) is 9.36. The molecule has 3 rings (SSSR count). The second-order valence-electron chi connectivity index (χ2n) is 6.46. The third kappa shape index (κ3) is 4.84. The Labute approximate surface area is 159 Å². The third-order valence-corrected chi connectivity index (χ3v) is 4.19. The molecule has 5 nitrogen and oxygen atoms in total. The molecular weight excluding hydrogens is 348 g/mol. The summed E-state index contributed by atoms with van der Waals surface area (Å²) in [4.78, 5) is 14.1. The molecule has 0 saturated carbocycles. The average Bonchev–Trinajstić information content (AvgIpc) is 2.62. The Kier molecular flexibility index (Phi) is 7.18. The molecule has 0 bridgehead atoms. The molecule has 1 heterocycles. The number of H-pyrrole nitrogens is 1. The van der Waals surface area contributed by atoms with Crippen LogP contribution in [0.15, 0.2) is 53.3 Å². The van der Waals surface area contributed by atoms with E-state index in [2.05, 4.69) is 46.6 Å². The lowest BCUT2D eigenvalue weighted by Gasteiger charge is -2.11. The van der Waals surface area contributed by atoms with Gasteiger partial charge in [-0.05, 0) is 51.7 Å². The summed E-state index contributed by atoms with van der Waals surface area (Å²) in [6, 6.07) is 15.7. The largest absolute Gasteiger partial charge is 0.385 e. The molecule has 0 fully saturated rings. The summed E-state index contributed by atoms with van der Waals surface area (Å²) >= 11 is 0. The van der Waals surface area contributed by atoms with E-state index < -0.39 is 0 Å². The second-order valence-corrected chi connectivity index (χ2v) is 6.46. The summed E-state index contributed by atoms with van der Waals surface area (Å²) in [5, 5.41) is 11.9. The number of aromatic amines is 1. The zero-order chi connectivity index (χ0) is 17.6. The van der Waals surface area contributed by atoms with Crippen molar-refractivity contribution < 1.29 is 0 Å². The summed E-state index contributed by atoms with van der Waals surface area (Å²) in [6.07, 6.45) is 2.30. The van der Waals surface area contributed by atoms with Gasteiger partial charge in [0.2, 0.25) is 0 Å². The summed E-state index contributed by atoms with van der Waals surface area (Å²) in [6.45, 7) is 2.05. The van der Waals surface area contributed by atoms with Crippen LogP contribution in [-0.4, -0.2) is 42.3 Å². The van der Waals surface area contributed by atoms with Crippen LogP contribution in [0, 0.1) is 0 Å². The van der Waals surface area contributed by atoms with Crippen molar-refractivity contribution >= 4 is 28.9 Å². The van der Waals surface area contributed by atoms with E-state index in [4.69, 9.17) is 0 Å². The molecule has 0 radical (unpaired) electrons. The number of benzene rings is 2. The van der Waals surface area contributed by atoms with Crippen molar-refractivity contribution in [2.75, 3.05) is 32.5 Å². The highest BCUT2D eigenvalue weighted by molar-refractivity contribution is 5.94. The Balaban J connectivity index is 0.00000243. The smallest absolute Gasteiger partial charge is 0.272 e. The van der Waals surface area contributed by atoms with Gasteiger partial charge >= 0.3 is 0 Å². The van der Waals surface area contributed by atoms with E-state index in [-0.39, 0.29) is 18.0 Å². The summed E-state index contributed by atoms with van der Waals surface area (Å²) in [5.74, 6) is 0. The van der Waals surface area contributed by atoms with Crippen LogP contribution >= 0.6 is 12.4 Å². The molecule has 26 heavy (non-hydrogen) atoms. The normalized spacial score (nSPS) is 10.7. The van der Waals surface area contributed by atoms with E-state index in [0.29, 0.717) is 5.39 Å². The van der Waals surface area contributed by atoms with Crippen LogP contribution in [0.25, 0.3) is 22.0 Å². The highest BCUT2D eigenvalue weighted by Gasteiger charge is 2.08. The van der Waals surface area contributed by atoms with Crippen LogP contribution in [0.4, 0.5) is 5.69 Å². The van der Waals surface area contributed by atoms with Gasteiger partial charge in [0.25, 0.3) is 5.56 Å². The monoisotopic (exact) mass is 372 g/mol. The minimum atomic E-state index is -0.158. The Morgan fingerprint density at radius 2 is 1.81 bits per heavy atom. The Morgan fingerprint density at radius 3 is 2.58 bits per heavy atom. The number of aromatic nitrogens is 2. The van der Waals surface area contributed by atoms with Crippen LogP contribution in [0.5, 0.6) is 0 Å². The van der Waals surface area contributed by atoms with E-state index >= 15 is 0 Å². The van der Waals surface area contributed by atoms with Crippen LogP contribution in [0.2, 0.25) is 0 Å². The molecule has 0 unspecified atom stereocenters. The predicted octanol–water partition coefficient (Wildman–Crippen LogP) is 3.77. The van der Waals surface area contributed by atoms with Gasteiger partial charge < -0.3 is 10.2 Å². The molecule has 0 aliphatic carbocycles. The van der Waals surface area contributed by atoms with Crippen molar-refractivity contribution in [3.05, 3.63) is 58.9 Å². The average molecular weight is 373 g/mol. The van der Waals surface area contributed by atoms with Gasteiger partial charge in [0.1, 0.15) is 0 Å². The van der Waals surface area contributed by atoms with E-state index in [9.17, 15) is 4.79 Å². The fraction of sp³-hybridized carbons (Fsp3) is 0.300. The Bertz CT molecular complexity index is 907. The SMILES string of the molecule is CN(C)CCCCNc1cccc(-c2n[nH]c(=O)c3ccccc23)c1.Cl. The lowest BCUT2D eigenvalue weighted by molar-refractivity contribution is 0.396. The highest BCUT2D eigenvalue weighted by atomic mass is 35.5. The van der Waals surface area contributed by atoms with Gasteiger partial charge in [0.05, 0.1) is 11.1 Å². The van der Waals surface area contributed by atoms with E-state index in [1.807, 2.05) is 36.4 Å². The lowest BCUT2D eigenvalue weighted by Crippen LogP contribution is -2.14. The number of hydrogen-bond donors (Lipinski definition) is 2. The fourth-order valence-corrected chi connectivity index (χ4v) is 2.90. The molecule has 2 N–H and O–H groups in total. The molecule has 0 spiro atoms. The van der Waals surface area contributed by atoms with Crippen molar-refractivity contribution in [3.8, 4) is 11.3 Å². The van der Waals surface area contributed by atoms with Gasteiger partial charge in [-0.2, -0.15) is 5.10 Å². The van der Waals surface area contributed by atoms with E-state index in [1.165, 1.54) is 6.42 Å². The van der Waals surface area contributed by atoms with Crippen molar-refractivity contribution in [2.45, 2.75) is 12.8 Å². The molecule has 1 aromatic heterocycles. The molecule has 3 aromatic rings. The zero-order valence-corrected chi connectivity index (χ0v) is 16.0. The maximum absolute atomic E-state index is 11.9. The standard InChI is InChI=1S/C20H24N4O.ClH/c1-24(2)13-6-5-12-21-16-9-7-8-15(14-16)19-17-10-3-4-11-18(17)20(25)23-22-19;/h3-4,7-11,14,21H,5-6,12-13H2,1-2H3,(H,23,25);1H. The molecule has 2 aromatic carbocycles. The Hall–Kier alpha value is -2.37. The van der Waals surface area contributed by atoms with Crippen molar-refractivity contribution in [1.29, 1.82) is 0 Å². The van der Waals surface area contributed by atoms with Crippen LogP contribution in [0.1, 0.15) is 12.8 Å². The number of hydrogen-bond acceptors (Lipinski definition) is 4. The highest BCUT2D eigenvalue weighted by Crippen LogP contribution is 2.26. The van der Waals surface area contributed by atoms with Gasteiger partial charge in [-0.15, -0.1) is 12.4 Å². The number of halogens is 1. The number of unbranched alkanes of at least 4 members (excludes halogenated alkanes) is 1. The summed E-state index contributed by atoms with van der Waals surface area (Å²) in [7, 11) is 4.19. The van der Waals surface area contributed by atoms with Crippen molar-refractivity contribution in [2.24, 2.45) is 0 Å². The molecular formula is C20H25ClN4O. The van der Waals surface area contributed by atoms with E-state index in [1.54, 1.807) is 0 Å². The van der Waals surface area contributed by atoms with E-state index in [0.717, 1.165) is 41.8 Å². The van der Waals surface area contributed by atoms with Gasteiger partial charge in [-0.3, -0.25) is 4.79 Å². The van der Waals surface area contributed by atoms with Gasteiger partial charge in [-0.1, -0.05) is 30.3 Å². The first-order valence-corrected chi connectivity index (χ1v) is 8.61. The van der Waals surface area contributed by atoms with Gasteiger partial charge in [-0.25, -0.2) is 5.10 Å². The summed E-state index contributed by atoms with van der Waals surface area (Å²) < 4.78 is 0. The molecule has 0 aliphatic rings. The molecule has 6 heteroatoms. The maximum Gasteiger partial charge on any atom is 0.272 e. The molecule has 0 saturated heterocycles. The first-order valence-electron chi connectivity index (χ1n) is 8.61. The number of anilines is 1. The quantitative estimate of drug-likeness (QED) is 0.620. The fourth-order valence-electron chi connectivity index (χ4n) is 2.90. The molecule has 0 atom stereocenters. The number of fused-ring (bicyclic) bond motifs is 1.